The van der Waals surface area contributed by atoms with Crippen LogP contribution in [-0.2, 0) is 40.9 Å². The number of ether oxygens (including phenoxy) is 1. The number of halogens is 1. The van der Waals surface area contributed by atoms with E-state index in [1.54, 1.807) is 18.5 Å². The van der Waals surface area contributed by atoms with Crippen LogP contribution < -0.4 is 5.32 Å². The Morgan fingerprint density at radius 3 is 2.77 bits per heavy atom. The quantitative estimate of drug-likeness (QED) is 0.424. The Hall–Kier alpha value is -2.97. The molecule has 0 aliphatic heterocycles. The monoisotopic (exact) mass is 444 g/mol. The minimum absolute atomic E-state index is 0.0328. The van der Waals surface area contributed by atoms with Crippen molar-refractivity contribution in [2.24, 2.45) is 7.05 Å². The molecule has 0 atom stereocenters. The van der Waals surface area contributed by atoms with Gasteiger partial charge in [-0.05, 0) is 18.6 Å². The predicted molar refractivity (Wildman–Crippen MR) is 116 cm³/mol. The van der Waals surface area contributed by atoms with E-state index in [9.17, 15) is 9.59 Å². The maximum Gasteiger partial charge on any atom is 0.331 e. The normalized spacial score (nSPS) is 11.0. The Morgan fingerprint density at radius 2 is 2.07 bits per heavy atom. The van der Waals surface area contributed by atoms with Crippen molar-refractivity contribution >= 4 is 40.9 Å². The maximum atomic E-state index is 12.1. The Morgan fingerprint density at radius 1 is 1.30 bits per heavy atom. The summed E-state index contributed by atoms with van der Waals surface area (Å²) in [6.45, 7) is 2.32. The van der Waals surface area contributed by atoms with Gasteiger partial charge >= 0.3 is 5.97 Å². The molecule has 0 saturated carbocycles. The van der Waals surface area contributed by atoms with Gasteiger partial charge in [0.05, 0.1) is 17.8 Å². The van der Waals surface area contributed by atoms with Crippen molar-refractivity contribution in [3.8, 4) is 0 Å². The van der Waals surface area contributed by atoms with Gasteiger partial charge < -0.3 is 10.1 Å². The fourth-order valence-corrected chi connectivity index (χ4v) is 3.69. The molecule has 0 bridgehead atoms. The average Bonchev–Trinajstić information content (AvgIpc) is 3.27. The van der Waals surface area contributed by atoms with E-state index >= 15 is 0 Å². The smallest absolute Gasteiger partial charge is 0.331 e. The minimum atomic E-state index is -0.510. The zero-order valence-electron chi connectivity index (χ0n) is 16.6. The van der Waals surface area contributed by atoms with E-state index < -0.39 is 5.97 Å². The molecule has 0 saturated heterocycles. The van der Waals surface area contributed by atoms with Crippen LogP contribution in [0.5, 0.6) is 0 Å². The van der Waals surface area contributed by atoms with E-state index in [0.717, 1.165) is 11.3 Å². The molecule has 3 rings (SSSR count). The highest BCUT2D eigenvalue weighted by molar-refractivity contribution is 7.09. The summed E-state index contributed by atoms with van der Waals surface area (Å²) in [6.07, 6.45) is 3.07. The van der Waals surface area contributed by atoms with Crippen LogP contribution in [0, 0.1) is 6.92 Å². The van der Waals surface area contributed by atoms with E-state index in [4.69, 9.17) is 16.3 Å². The van der Waals surface area contributed by atoms with Gasteiger partial charge in [0, 0.05) is 30.6 Å². The summed E-state index contributed by atoms with van der Waals surface area (Å²) < 4.78 is 6.74. The molecule has 156 valence electrons. The van der Waals surface area contributed by atoms with Crippen LogP contribution in [0.4, 0.5) is 0 Å². The fourth-order valence-electron chi connectivity index (χ4n) is 2.67. The summed E-state index contributed by atoms with van der Waals surface area (Å²) in [4.78, 5) is 28.4. The molecule has 0 unspecified atom stereocenters. The van der Waals surface area contributed by atoms with Crippen LogP contribution in [0.3, 0.4) is 0 Å². The van der Waals surface area contributed by atoms with Crippen LogP contribution in [-0.4, -0.2) is 26.6 Å². The highest BCUT2D eigenvalue weighted by Gasteiger charge is 2.11. The van der Waals surface area contributed by atoms with Crippen molar-refractivity contribution in [2.45, 2.75) is 26.5 Å². The van der Waals surface area contributed by atoms with Gasteiger partial charge in [0.15, 0.2) is 0 Å². The molecule has 0 spiro atoms. The Bertz CT molecular complexity index is 1060. The number of amides is 1. The number of aryl methyl sites for hydroxylation is 2. The van der Waals surface area contributed by atoms with E-state index in [1.165, 1.54) is 22.1 Å². The van der Waals surface area contributed by atoms with Crippen LogP contribution in [0.2, 0.25) is 5.15 Å². The second kappa shape index (κ2) is 10.2. The topological polar surface area (TPSA) is 86.1 Å². The predicted octanol–water partition coefficient (Wildman–Crippen LogP) is 3.45. The van der Waals surface area contributed by atoms with Gasteiger partial charge in [-0.25, -0.2) is 9.78 Å². The van der Waals surface area contributed by atoms with Gasteiger partial charge in [-0.1, -0.05) is 41.9 Å². The zero-order chi connectivity index (χ0) is 21.5. The summed E-state index contributed by atoms with van der Waals surface area (Å²) in [7, 11) is 1.73. The van der Waals surface area contributed by atoms with Crippen LogP contribution in [0.1, 0.15) is 27.5 Å². The molecule has 0 fully saturated rings. The number of esters is 1. The molecule has 7 nitrogen and oxygen atoms in total. The Balaban J connectivity index is 1.45. The van der Waals surface area contributed by atoms with Crippen LogP contribution in [0.15, 0.2) is 41.8 Å². The largest absolute Gasteiger partial charge is 0.456 e. The molecule has 1 N–H and O–H groups in total. The number of carbonyl (C=O) groups is 2. The van der Waals surface area contributed by atoms with Crippen molar-refractivity contribution in [1.82, 2.24) is 20.1 Å². The third-order valence-electron chi connectivity index (χ3n) is 4.19. The van der Waals surface area contributed by atoms with Crippen molar-refractivity contribution in [1.29, 1.82) is 0 Å². The highest BCUT2D eigenvalue weighted by atomic mass is 35.5. The van der Waals surface area contributed by atoms with Crippen molar-refractivity contribution < 1.29 is 14.3 Å². The van der Waals surface area contributed by atoms with E-state index in [1.807, 2.05) is 37.3 Å². The number of hydrogen-bond donors (Lipinski definition) is 1. The third kappa shape index (κ3) is 6.01. The summed E-state index contributed by atoms with van der Waals surface area (Å²) in [5.74, 6) is -0.618. The molecule has 0 aliphatic rings. The van der Waals surface area contributed by atoms with Crippen molar-refractivity contribution in [2.75, 3.05) is 0 Å². The van der Waals surface area contributed by atoms with E-state index in [0.29, 0.717) is 28.0 Å². The highest BCUT2D eigenvalue weighted by Crippen LogP contribution is 2.20. The lowest BCUT2D eigenvalue weighted by molar-refractivity contribution is -0.139. The van der Waals surface area contributed by atoms with Gasteiger partial charge in [-0.15, -0.1) is 11.3 Å². The molecule has 0 radical (unpaired) electrons. The minimum Gasteiger partial charge on any atom is -0.456 e. The number of hydrogen-bond acceptors (Lipinski definition) is 6. The van der Waals surface area contributed by atoms with Crippen LogP contribution in [0.25, 0.3) is 6.08 Å². The second-order valence-corrected chi connectivity index (χ2v) is 7.83. The van der Waals surface area contributed by atoms with E-state index in [-0.39, 0.29) is 18.9 Å². The Labute approximate surface area is 183 Å². The fraction of sp³-hybridized carbons (Fsp3) is 0.238. The summed E-state index contributed by atoms with van der Waals surface area (Å²) >= 11 is 7.49. The number of carbonyl (C=O) groups excluding carboxylic acids is 2. The lowest BCUT2D eigenvalue weighted by Gasteiger charge is -2.03. The first-order valence-corrected chi connectivity index (χ1v) is 10.5. The molecule has 9 heteroatoms. The Kier molecular flexibility index (Phi) is 7.37. The second-order valence-electron chi connectivity index (χ2n) is 6.53. The van der Waals surface area contributed by atoms with Gasteiger partial charge in [0.1, 0.15) is 16.8 Å². The van der Waals surface area contributed by atoms with Gasteiger partial charge in [-0.3, -0.25) is 9.48 Å². The standard InChI is InChI=1S/C21H21ClN4O3S/c1-14-17(21(22)26(2)25-14)8-9-20(28)29-12-16-13-30-19(24-16)10-18(27)23-11-15-6-4-3-5-7-15/h3-9,13H,10-12H2,1-2H3,(H,23,27). The number of thiazole rings is 1. The number of nitrogens with zero attached hydrogens (tertiary/aromatic N) is 3. The molecule has 3 aromatic rings. The summed E-state index contributed by atoms with van der Waals surface area (Å²) in [5.41, 5.74) is 3.03. The van der Waals surface area contributed by atoms with Crippen LogP contribution >= 0.6 is 22.9 Å². The first-order chi connectivity index (χ1) is 14.4. The summed E-state index contributed by atoms with van der Waals surface area (Å²) in [6, 6.07) is 9.69. The molecular formula is C21H21ClN4O3S. The lowest BCUT2D eigenvalue weighted by atomic mass is 10.2. The molecule has 1 amide bonds. The number of benzene rings is 1. The van der Waals surface area contributed by atoms with Gasteiger partial charge in [0.2, 0.25) is 5.91 Å². The average molecular weight is 445 g/mol. The molecule has 2 aromatic heterocycles. The lowest BCUT2D eigenvalue weighted by Crippen LogP contribution is -2.24. The molecule has 1 aromatic carbocycles. The molecular weight excluding hydrogens is 424 g/mol. The van der Waals surface area contributed by atoms with Gasteiger partial charge in [0.25, 0.3) is 0 Å². The van der Waals surface area contributed by atoms with Gasteiger partial charge in [-0.2, -0.15) is 5.10 Å². The number of rotatable bonds is 8. The molecule has 2 heterocycles. The van der Waals surface area contributed by atoms with E-state index in [2.05, 4.69) is 15.4 Å². The molecule has 30 heavy (non-hydrogen) atoms. The van der Waals surface area contributed by atoms with Crippen molar-refractivity contribution in [3.63, 3.8) is 0 Å². The first-order valence-electron chi connectivity index (χ1n) is 9.20. The maximum absolute atomic E-state index is 12.1. The molecule has 0 aliphatic carbocycles. The zero-order valence-corrected chi connectivity index (χ0v) is 18.2. The number of nitrogens with one attached hydrogen (secondary N) is 1. The third-order valence-corrected chi connectivity index (χ3v) is 5.53. The first kappa shape index (κ1) is 21.7. The van der Waals surface area contributed by atoms with Crippen molar-refractivity contribution in [3.05, 3.63) is 74.5 Å². The number of aromatic nitrogens is 3. The SMILES string of the molecule is Cc1nn(C)c(Cl)c1C=CC(=O)OCc1csc(CC(=O)NCc2ccccc2)n1. The summed E-state index contributed by atoms with van der Waals surface area (Å²) in [5, 5.41) is 9.94.